The third-order valence-corrected chi connectivity index (χ3v) is 5.97. The van der Waals surface area contributed by atoms with Crippen molar-refractivity contribution in [2.24, 2.45) is 0 Å². The minimum Gasteiger partial charge on any atom is -0.454 e. The van der Waals surface area contributed by atoms with E-state index in [0.717, 1.165) is 16.0 Å². The minimum absolute atomic E-state index is 0.218. The van der Waals surface area contributed by atoms with Crippen molar-refractivity contribution in [1.29, 1.82) is 0 Å². The summed E-state index contributed by atoms with van der Waals surface area (Å²) in [6.07, 6.45) is 0. The second-order valence-electron chi connectivity index (χ2n) is 5.85. The first-order chi connectivity index (χ1) is 13.2. The van der Waals surface area contributed by atoms with Gasteiger partial charge in [0.05, 0.1) is 10.6 Å². The average molecular weight is 398 g/mol. The summed E-state index contributed by atoms with van der Waals surface area (Å²) in [5.74, 6) is 0.816. The van der Waals surface area contributed by atoms with Crippen molar-refractivity contribution in [3.63, 3.8) is 0 Å². The van der Waals surface area contributed by atoms with Gasteiger partial charge in [-0.05, 0) is 47.9 Å². The first kappa shape index (κ1) is 16.2. The van der Waals surface area contributed by atoms with E-state index in [9.17, 15) is 9.18 Å². The van der Waals surface area contributed by atoms with Gasteiger partial charge in [0.25, 0.3) is 5.91 Å². The quantitative estimate of drug-likeness (QED) is 0.519. The minimum atomic E-state index is -0.319. The van der Waals surface area contributed by atoms with Crippen molar-refractivity contribution >= 4 is 43.8 Å². The Kier molecular flexibility index (Phi) is 3.80. The molecule has 0 aliphatic carbocycles. The van der Waals surface area contributed by atoms with Gasteiger partial charge in [0.15, 0.2) is 16.6 Å². The summed E-state index contributed by atoms with van der Waals surface area (Å²) in [5.41, 5.74) is 1.63. The highest BCUT2D eigenvalue weighted by molar-refractivity contribution is 7.21. The van der Waals surface area contributed by atoms with Gasteiger partial charge in [-0.1, -0.05) is 0 Å². The molecule has 27 heavy (non-hydrogen) atoms. The smallest absolute Gasteiger partial charge is 0.267 e. The molecule has 1 aliphatic heterocycles. The van der Waals surface area contributed by atoms with Crippen LogP contribution in [0.4, 0.5) is 9.52 Å². The van der Waals surface area contributed by atoms with Crippen molar-refractivity contribution in [2.75, 3.05) is 12.1 Å². The number of benzene rings is 2. The molecule has 0 radical (unpaired) electrons. The zero-order valence-electron chi connectivity index (χ0n) is 13.7. The van der Waals surface area contributed by atoms with E-state index in [-0.39, 0.29) is 18.5 Å². The van der Waals surface area contributed by atoms with Crippen molar-refractivity contribution in [3.8, 4) is 22.8 Å². The number of halogens is 1. The van der Waals surface area contributed by atoms with Crippen LogP contribution in [0, 0.1) is 5.82 Å². The lowest BCUT2D eigenvalue weighted by molar-refractivity contribution is 0.103. The molecule has 2 aromatic heterocycles. The number of fused-ring (bicyclic) bond motifs is 2. The summed E-state index contributed by atoms with van der Waals surface area (Å²) in [7, 11) is 0. The summed E-state index contributed by atoms with van der Waals surface area (Å²) in [6.45, 7) is 0.218. The molecule has 1 aliphatic rings. The third kappa shape index (κ3) is 3.02. The second-order valence-corrected chi connectivity index (χ2v) is 7.79. The zero-order chi connectivity index (χ0) is 18.4. The molecule has 0 fully saturated rings. The number of hydrogen-bond acceptors (Lipinski definition) is 6. The molecular formula is C19H11FN2O3S2. The molecule has 1 amide bonds. The number of carbonyl (C=O) groups excluding carboxylic acids is 1. The Hall–Kier alpha value is -2.97. The molecule has 5 rings (SSSR count). The van der Waals surface area contributed by atoms with E-state index in [1.165, 1.54) is 34.8 Å². The number of ether oxygens (including phenoxy) is 2. The number of carbonyl (C=O) groups is 1. The molecule has 0 unspecified atom stereocenters. The molecule has 0 saturated carbocycles. The SMILES string of the molecule is O=C(Nc1nc(-c2ccc3c(c2)OCO3)cs1)c1cc2cc(F)ccc2s1. The van der Waals surface area contributed by atoms with Crippen LogP contribution in [0.15, 0.2) is 47.8 Å². The van der Waals surface area contributed by atoms with Gasteiger partial charge in [-0.2, -0.15) is 0 Å². The Labute approximate surface area is 161 Å². The summed E-state index contributed by atoms with van der Waals surface area (Å²) in [4.78, 5) is 17.5. The van der Waals surface area contributed by atoms with Crippen LogP contribution in [-0.2, 0) is 0 Å². The van der Waals surface area contributed by atoms with Crippen LogP contribution in [0.2, 0.25) is 0 Å². The van der Waals surface area contributed by atoms with Gasteiger partial charge in [-0.3, -0.25) is 10.1 Å². The number of thiazole rings is 1. The Morgan fingerprint density at radius 2 is 2.00 bits per heavy atom. The van der Waals surface area contributed by atoms with Crippen molar-refractivity contribution < 1.29 is 18.7 Å². The molecule has 0 saturated heterocycles. The van der Waals surface area contributed by atoms with Crippen molar-refractivity contribution in [3.05, 3.63) is 58.5 Å². The number of hydrogen-bond donors (Lipinski definition) is 1. The van der Waals surface area contributed by atoms with Crippen LogP contribution >= 0.6 is 22.7 Å². The maximum atomic E-state index is 13.3. The lowest BCUT2D eigenvalue weighted by Gasteiger charge is -2.00. The summed E-state index contributed by atoms with van der Waals surface area (Å²) < 4.78 is 24.9. The van der Waals surface area contributed by atoms with Gasteiger partial charge in [0.1, 0.15) is 5.82 Å². The van der Waals surface area contributed by atoms with Crippen LogP contribution in [0.25, 0.3) is 21.3 Å². The number of thiophene rings is 1. The number of nitrogens with zero attached hydrogens (tertiary/aromatic N) is 1. The molecule has 0 bridgehead atoms. The van der Waals surface area contributed by atoms with Crippen LogP contribution in [-0.4, -0.2) is 17.7 Å². The maximum Gasteiger partial charge on any atom is 0.267 e. The standard InChI is InChI=1S/C19H11FN2O3S2/c20-12-2-4-16-11(5-12)7-17(27-16)18(23)22-19-21-13(8-26-19)10-1-3-14-15(6-10)25-9-24-14/h1-8H,9H2,(H,21,22,23). The first-order valence-electron chi connectivity index (χ1n) is 8.02. The van der Waals surface area contributed by atoms with E-state index in [4.69, 9.17) is 9.47 Å². The Morgan fingerprint density at radius 3 is 2.93 bits per heavy atom. The molecule has 134 valence electrons. The van der Waals surface area contributed by atoms with Crippen LogP contribution in [0.5, 0.6) is 11.5 Å². The van der Waals surface area contributed by atoms with Crippen LogP contribution in [0.3, 0.4) is 0 Å². The predicted octanol–water partition coefficient (Wildman–Crippen LogP) is 5.14. The first-order valence-corrected chi connectivity index (χ1v) is 9.71. The van der Waals surface area contributed by atoms with Crippen LogP contribution in [0.1, 0.15) is 9.67 Å². The summed E-state index contributed by atoms with van der Waals surface area (Å²) in [6, 6.07) is 11.8. The largest absolute Gasteiger partial charge is 0.454 e. The normalized spacial score (nSPS) is 12.5. The fraction of sp³-hybridized carbons (Fsp3) is 0.0526. The van der Waals surface area contributed by atoms with E-state index in [1.54, 1.807) is 12.1 Å². The van der Waals surface area contributed by atoms with E-state index in [1.807, 2.05) is 23.6 Å². The number of nitrogens with one attached hydrogen (secondary N) is 1. The number of anilines is 1. The molecule has 0 spiro atoms. The molecule has 3 heterocycles. The Bertz CT molecular complexity index is 1180. The Morgan fingerprint density at radius 1 is 1.11 bits per heavy atom. The lowest BCUT2D eigenvalue weighted by atomic mass is 10.1. The highest BCUT2D eigenvalue weighted by Crippen LogP contribution is 2.36. The van der Waals surface area contributed by atoms with Gasteiger partial charge >= 0.3 is 0 Å². The molecule has 5 nitrogen and oxygen atoms in total. The highest BCUT2D eigenvalue weighted by Gasteiger charge is 2.16. The molecule has 8 heteroatoms. The van der Waals surface area contributed by atoms with E-state index >= 15 is 0 Å². The summed E-state index contributed by atoms with van der Waals surface area (Å²) >= 11 is 2.66. The van der Waals surface area contributed by atoms with Crippen molar-refractivity contribution in [1.82, 2.24) is 4.98 Å². The average Bonchev–Trinajstić information content (AvgIpc) is 3.39. The fourth-order valence-electron chi connectivity index (χ4n) is 2.80. The summed E-state index contributed by atoms with van der Waals surface area (Å²) in [5, 5.41) is 5.88. The van der Waals surface area contributed by atoms with E-state index in [2.05, 4.69) is 10.3 Å². The topological polar surface area (TPSA) is 60.5 Å². The lowest BCUT2D eigenvalue weighted by Crippen LogP contribution is -2.09. The van der Waals surface area contributed by atoms with Crippen LogP contribution < -0.4 is 14.8 Å². The van der Waals surface area contributed by atoms with E-state index in [0.29, 0.717) is 26.9 Å². The number of aromatic nitrogens is 1. The monoisotopic (exact) mass is 398 g/mol. The highest BCUT2D eigenvalue weighted by atomic mass is 32.1. The fourth-order valence-corrected chi connectivity index (χ4v) is 4.46. The molecule has 4 aromatic rings. The third-order valence-electron chi connectivity index (χ3n) is 4.10. The molecule has 0 atom stereocenters. The van der Waals surface area contributed by atoms with E-state index < -0.39 is 0 Å². The van der Waals surface area contributed by atoms with Gasteiger partial charge in [0.2, 0.25) is 6.79 Å². The van der Waals surface area contributed by atoms with Crippen molar-refractivity contribution in [2.45, 2.75) is 0 Å². The van der Waals surface area contributed by atoms with Gasteiger partial charge < -0.3 is 9.47 Å². The molecule has 1 N–H and O–H groups in total. The molecule has 2 aromatic carbocycles. The number of amides is 1. The van der Waals surface area contributed by atoms with Gasteiger partial charge in [-0.15, -0.1) is 22.7 Å². The predicted molar refractivity (Wildman–Crippen MR) is 103 cm³/mol. The number of rotatable bonds is 3. The molecular weight excluding hydrogens is 387 g/mol. The van der Waals surface area contributed by atoms with Gasteiger partial charge in [-0.25, -0.2) is 9.37 Å². The maximum absolute atomic E-state index is 13.3. The van der Waals surface area contributed by atoms with Gasteiger partial charge in [0, 0.05) is 15.6 Å². The zero-order valence-corrected chi connectivity index (χ0v) is 15.3. The Balaban J connectivity index is 1.37. The second kappa shape index (κ2) is 6.33.